The fourth-order valence-corrected chi connectivity index (χ4v) is 4.49. The molecule has 0 spiro atoms. The van der Waals surface area contributed by atoms with Crippen LogP contribution in [-0.4, -0.2) is 27.6 Å². The first-order chi connectivity index (χ1) is 16.4. The number of para-hydroxylation sites is 1. The monoisotopic (exact) mass is 454 g/mol. The zero-order chi connectivity index (χ0) is 23.8. The SMILES string of the molecule is Cc1cccc(C(=O)N[C@@H]2C(=O)Nc3c(c(C)nn3-c3ccccc3)[C@H]2c2ccc(F)cc2)c1. The number of nitrogens with one attached hydrogen (secondary N) is 2. The predicted molar refractivity (Wildman–Crippen MR) is 128 cm³/mol. The van der Waals surface area contributed by atoms with Crippen molar-refractivity contribution in [2.24, 2.45) is 0 Å². The highest BCUT2D eigenvalue weighted by Crippen LogP contribution is 2.40. The van der Waals surface area contributed by atoms with Crippen LogP contribution in [0.3, 0.4) is 0 Å². The van der Waals surface area contributed by atoms with Crippen LogP contribution < -0.4 is 10.6 Å². The van der Waals surface area contributed by atoms with E-state index >= 15 is 0 Å². The standard InChI is InChI=1S/C27H23FN4O2/c1-16-7-6-8-19(15-16)26(33)29-24-23(18-11-13-20(28)14-12-18)22-17(2)31-32(25(22)30-27(24)34)21-9-4-3-5-10-21/h3-15,23-24H,1-2H3,(H,29,33)(H,30,34)/t23-,24+/m1/s1. The van der Waals surface area contributed by atoms with Crippen LogP contribution in [0.25, 0.3) is 5.69 Å². The number of anilines is 1. The molecular weight excluding hydrogens is 431 g/mol. The number of nitrogens with zero attached hydrogens (tertiary/aromatic N) is 2. The molecule has 6 nitrogen and oxygen atoms in total. The van der Waals surface area contributed by atoms with E-state index in [1.54, 1.807) is 35.0 Å². The minimum atomic E-state index is -0.905. The molecule has 0 fully saturated rings. The van der Waals surface area contributed by atoms with E-state index in [-0.39, 0.29) is 17.6 Å². The molecule has 2 atom stereocenters. The van der Waals surface area contributed by atoms with Crippen LogP contribution in [0.5, 0.6) is 0 Å². The number of aromatic nitrogens is 2. The van der Waals surface area contributed by atoms with Gasteiger partial charge >= 0.3 is 0 Å². The topological polar surface area (TPSA) is 76.0 Å². The third kappa shape index (κ3) is 3.85. The van der Waals surface area contributed by atoms with Crippen molar-refractivity contribution < 1.29 is 14.0 Å². The molecule has 1 aromatic heterocycles. The first-order valence-electron chi connectivity index (χ1n) is 11.0. The van der Waals surface area contributed by atoms with E-state index in [0.717, 1.165) is 16.8 Å². The number of amides is 2. The van der Waals surface area contributed by atoms with Crippen LogP contribution in [0.4, 0.5) is 10.2 Å². The maximum atomic E-state index is 13.7. The summed E-state index contributed by atoms with van der Waals surface area (Å²) in [7, 11) is 0. The average Bonchev–Trinajstić information content (AvgIpc) is 3.16. The number of halogens is 1. The number of aryl methyl sites for hydroxylation is 2. The molecule has 3 aromatic carbocycles. The Hall–Kier alpha value is -4.26. The van der Waals surface area contributed by atoms with E-state index in [9.17, 15) is 14.0 Å². The van der Waals surface area contributed by atoms with Crippen molar-refractivity contribution in [2.45, 2.75) is 25.8 Å². The number of rotatable bonds is 4. The second-order valence-corrected chi connectivity index (χ2v) is 8.43. The van der Waals surface area contributed by atoms with Crippen LogP contribution in [0.2, 0.25) is 0 Å². The number of benzene rings is 3. The third-order valence-electron chi connectivity index (χ3n) is 6.07. The van der Waals surface area contributed by atoms with Crippen molar-refractivity contribution >= 4 is 17.6 Å². The molecule has 0 aliphatic carbocycles. The summed E-state index contributed by atoms with van der Waals surface area (Å²) < 4.78 is 15.4. The number of carbonyl (C=O) groups excluding carboxylic acids is 2. The molecule has 2 N–H and O–H groups in total. The van der Waals surface area contributed by atoms with Gasteiger partial charge < -0.3 is 10.6 Å². The second kappa shape index (κ2) is 8.59. The second-order valence-electron chi connectivity index (χ2n) is 8.43. The fourth-order valence-electron chi connectivity index (χ4n) is 4.49. The van der Waals surface area contributed by atoms with E-state index < -0.39 is 12.0 Å². The Balaban J connectivity index is 1.62. The molecule has 170 valence electrons. The lowest BCUT2D eigenvalue weighted by atomic mass is 9.82. The number of fused-ring (bicyclic) bond motifs is 1. The van der Waals surface area contributed by atoms with Gasteiger partial charge in [-0.05, 0) is 55.8 Å². The summed E-state index contributed by atoms with van der Waals surface area (Å²) in [6.07, 6.45) is 0. The molecule has 0 saturated carbocycles. The molecular formula is C27H23FN4O2. The highest BCUT2D eigenvalue weighted by molar-refractivity contribution is 6.04. The molecule has 2 amide bonds. The Morgan fingerprint density at radius 1 is 1.00 bits per heavy atom. The van der Waals surface area contributed by atoms with Crippen molar-refractivity contribution in [3.63, 3.8) is 0 Å². The van der Waals surface area contributed by atoms with Crippen molar-refractivity contribution in [2.75, 3.05) is 5.32 Å². The Kier molecular flexibility index (Phi) is 5.45. The highest BCUT2D eigenvalue weighted by atomic mass is 19.1. The van der Waals surface area contributed by atoms with Crippen molar-refractivity contribution in [1.29, 1.82) is 0 Å². The van der Waals surface area contributed by atoms with Crippen molar-refractivity contribution in [1.82, 2.24) is 15.1 Å². The highest BCUT2D eigenvalue weighted by Gasteiger charge is 2.41. The van der Waals surface area contributed by atoms with Crippen molar-refractivity contribution in [3.05, 3.63) is 113 Å². The van der Waals surface area contributed by atoms with Crippen molar-refractivity contribution in [3.8, 4) is 5.69 Å². The maximum Gasteiger partial charge on any atom is 0.251 e. The van der Waals surface area contributed by atoms with E-state index in [2.05, 4.69) is 15.7 Å². The van der Waals surface area contributed by atoms with Gasteiger partial charge in [-0.25, -0.2) is 9.07 Å². The first kappa shape index (κ1) is 21.6. The van der Waals surface area contributed by atoms with E-state index in [4.69, 9.17) is 0 Å². The zero-order valence-corrected chi connectivity index (χ0v) is 18.7. The van der Waals surface area contributed by atoms with Gasteiger partial charge in [-0.1, -0.05) is 48.0 Å². The first-order valence-corrected chi connectivity index (χ1v) is 11.0. The summed E-state index contributed by atoms with van der Waals surface area (Å²) >= 11 is 0. The fraction of sp³-hybridized carbons (Fsp3) is 0.148. The van der Waals surface area contributed by atoms with Crippen LogP contribution in [0.1, 0.15) is 38.7 Å². The maximum absolute atomic E-state index is 13.7. The summed E-state index contributed by atoms with van der Waals surface area (Å²) in [5.74, 6) is -1.09. The summed E-state index contributed by atoms with van der Waals surface area (Å²) in [5, 5.41) is 10.5. The average molecular weight is 455 g/mol. The van der Waals surface area contributed by atoms with Crippen LogP contribution in [0.15, 0.2) is 78.9 Å². The molecule has 1 aliphatic heterocycles. The molecule has 0 radical (unpaired) electrons. The molecule has 1 aliphatic rings. The minimum Gasteiger partial charge on any atom is -0.339 e. The molecule has 4 aromatic rings. The molecule has 2 heterocycles. The predicted octanol–water partition coefficient (Wildman–Crippen LogP) is 4.51. The number of carbonyl (C=O) groups is 2. The summed E-state index contributed by atoms with van der Waals surface area (Å²) in [6.45, 7) is 3.77. The van der Waals surface area contributed by atoms with Gasteiger partial charge in [0.2, 0.25) is 5.91 Å². The van der Waals surface area contributed by atoms with E-state index in [1.807, 2.05) is 50.2 Å². The van der Waals surface area contributed by atoms with E-state index in [1.165, 1.54) is 12.1 Å². The number of hydrogen-bond acceptors (Lipinski definition) is 3. The minimum absolute atomic E-state index is 0.354. The molecule has 0 unspecified atom stereocenters. The largest absolute Gasteiger partial charge is 0.339 e. The smallest absolute Gasteiger partial charge is 0.251 e. The van der Waals surface area contributed by atoms with Crippen LogP contribution in [-0.2, 0) is 4.79 Å². The molecule has 34 heavy (non-hydrogen) atoms. The Morgan fingerprint density at radius 2 is 1.74 bits per heavy atom. The van der Waals surface area contributed by atoms with Crippen LogP contribution in [0, 0.1) is 19.7 Å². The van der Waals surface area contributed by atoms with Crippen LogP contribution >= 0.6 is 0 Å². The Bertz CT molecular complexity index is 1380. The lowest BCUT2D eigenvalue weighted by molar-refractivity contribution is -0.118. The Labute approximate surface area is 196 Å². The lowest BCUT2D eigenvalue weighted by Crippen LogP contribution is -2.50. The molecule has 0 bridgehead atoms. The van der Waals surface area contributed by atoms with Gasteiger partial charge in [-0.2, -0.15) is 5.10 Å². The molecule has 7 heteroatoms. The van der Waals surface area contributed by atoms with Gasteiger partial charge in [-0.15, -0.1) is 0 Å². The van der Waals surface area contributed by atoms with Gasteiger partial charge in [0.25, 0.3) is 5.91 Å². The summed E-state index contributed by atoms with van der Waals surface area (Å²) in [4.78, 5) is 26.5. The molecule has 0 saturated heterocycles. The summed E-state index contributed by atoms with van der Waals surface area (Å²) in [6, 6.07) is 21.8. The van der Waals surface area contributed by atoms with Gasteiger partial charge in [-0.3, -0.25) is 9.59 Å². The van der Waals surface area contributed by atoms with Gasteiger partial charge in [0.15, 0.2) is 0 Å². The van der Waals surface area contributed by atoms with Gasteiger partial charge in [0.1, 0.15) is 17.7 Å². The molecule has 5 rings (SSSR count). The quantitative estimate of drug-likeness (QED) is 0.476. The lowest BCUT2D eigenvalue weighted by Gasteiger charge is -2.32. The van der Waals surface area contributed by atoms with Gasteiger partial charge in [0, 0.05) is 17.0 Å². The van der Waals surface area contributed by atoms with E-state index in [0.29, 0.717) is 22.6 Å². The number of hydrogen-bond donors (Lipinski definition) is 2. The van der Waals surface area contributed by atoms with Gasteiger partial charge in [0.05, 0.1) is 11.4 Å². The normalized spacial score (nSPS) is 17.1. The summed E-state index contributed by atoms with van der Waals surface area (Å²) in [5.41, 5.74) is 4.41. The Morgan fingerprint density at radius 3 is 2.44 bits per heavy atom. The zero-order valence-electron chi connectivity index (χ0n) is 18.7. The third-order valence-corrected chi connectivity index (χ3v) is 6.07.